The van der Waals surface area contributed by atoms with Gasteiger partial charge in [-0.25, -0.2) is 17.9 Å². The van der Waals surface area contributed by atoms with E-state index in [0.29, 0.717) is 18.4 Å². The fourth-order valence-corrected chi connectivity index (χ4v) is 5.61. The normalized spacial score (nSPS) is 18.4. The van der Waals surface area contributed by atoms with Crippen molar-refractivity contribution in [3.8, 4) is 11.3 Å². The molecule has 0 radical (unpaired) electrons. The molecule has 2 amide bonds. The zero-order valence-corrected chi connectivity index (χ0v) is 21.4. The van der Waals surface area contributed by atoms with Gasteiger partial charge in [-0.2, -0.15) is 13.2 Å². The molecule has 4 N–H and O–H groups in total. The molecule has 11 nitrogen and oxygen atoms in total. The fraction of sp³-hybridized carbons (Fsp3) is 0.417. The first kappa shape index (κ1) is 25.4. The average Bonchev–Trinajstić information content (AvgIpc) is 3.74. The number of carbonyl (C=O) groups is 2. The highest BCUT2D eigenvalue weighted by Crippen LogP contribution is 2.46. The molecule has 2 saturated carbocycles. The Bertz CT molecular complexity index is 1650. The number of halogens is 3. The van der Waals surface area contributed by atoms with Crippen molar-refractivity contribution < 1.29 is 31.2 Å². The van der Waals surface area contributed by atoms with Crippen LogP contribution in [0.3, 0.4) is 0 Å². The lowest BCUT2D eigenvalue weighted by molar-refractivity contribution is -0.182. The van der Waals surface area contributed by atoms with Gasteiger partial charge < -0.3 is 16.0 Å². The van der Waals surface area contributed by atoms with E-state index in [0.717, 1.165) is 24.0 Å². The number of amides is 2. The number of rotatable bonds is 7. The number of alkyl halides is 3. The first-order valence-electron chi connectivity index (χ1n) is 12.3. The minimum atomic E-state index is -4.63. The van der Waals surface area contributed by atoms with Crippen LogP contribution in [0.1, 0.15) is 52.0 Å². The molecule has 0 spiro atoms. The van der Waals surface area contributed by atoms with Crippen molar-refractivity contribution in [1.82, 2.24) is 24.8 Å². The van der Waals surface area contributed by atoms with Gasteiger partial charge in [0.15, 0.2) is 11.5 Å². The Hall–Kier alpha value is -3.88. The summed E-state index contributed by atoms with van der Waals surface area (Å²) in [6.45, 7) is -0.335. The Morgan fingerprint density at radius 3 is 2.54 bits per heavy atom. The third kappa shape index (κ3) is 4.75. The lowest BCUT2D eigenvalue weighted by Crippen LogP contribution is -2.47. The second-order valence-corrected chi connectivity index (χ2v) is 12.0. The highest BCUT2D eigenvalue weighted by atomic mass is 32.2. The van der Waals surface area contributed by atoms with Crippen molar-refractivity contribution in [3.63, 3.8) is 0 Å². The molecule has 39 heavy (non-hydrogen) atoms. The zero-order valence-electron chi connectivity index (χ0n) is 20.6. The molecule has 2 aromatic heterocycles. The van der Waals surface area contributed by atoms with E-state index in [-0.39, 0.29) is 52.1 Å². The molecular formula is C24H24F3N7O4S. The smallest absolute Gasteiger partial charge is 0.381 e. The van der Waals surface area contributed by atoms with E-state index in [2.05, 4.69) is 20.1 Å². The van der Waals surface area contributed by atoms with E-state index in [1.165, 1.54) is 22.8 Å². The molecule has 3 heterocycles. The van der Waals surface area contributed by atoms with Gasteiger partial charge in [0.25, 0.3) is 11.8 Å². The van der Waals surface area contributed by atoms with Crippen molar-refractivity contribution in [2.75, 3.05) is 16.7 Å². The topological polar surface area (TPSA) is 152 Å². The Labute approximate surface area is 220 Å². The molecular weight excluding hydrogens is 539 g/mol. The minimum Gasteiger partial charge on any atom is -0.381 e. The standard InChI is InChI=1S/C24H24F3N7O4S/c1-39(37,38)32-16-9-12(8-13-10-33(23(36)17(13)16)19(11-2-3-11)24(25,26)27)15-6-7-34-21(30-15)18(20(28)31-34)22(35)29-14-4-5-14/h6-9,11,14,19,32H,2-5,10H2,1H3,(H2,28,31)(H,29,35). The van der Waals surface area contributed by atoms with Crippen LogP contribution in [-0.2, 0) is 16.6 Å². The number of nitrogens with zero attached hydrogens (tertiary/aromatic N) is 4. The maximum absolute atomic E-state index is 13.9. The van der Waals surface area contributed by atoms with Gasteiger partial charge in [-0.15, -0.1) is 5.10 Å². The molecule has 3 aromatic rings. The molecule has 1 unspecified atom stereocenters. The van der Waals surface area contributed by atoms with Crippen LogP contribution in [0.4, 0.5) is 24.7 Å². The van der Waals surface area contributed by atoms with Crippen LogP contribution < -0.4 is 15.8 Å². The number of anilines is 2. The predicted octanol–water partition coefficient (Wildman–Crippen LogP) is 2.54. The Morgan fingerprint density at radius 1 is 1.21 bits per heavy atom. The molecule has 0 saturated heterocycles. The van der Waals surface area contributed by atoms with Crippen molar-refractivity contribution in [3.05, 3.63) is 41.1 Å². The summed E-state index contributed by atoms with van der Waals surface area (Å²) in [5.74, 6) is -2.03. The summed E-state index contributed by atoms with van der Waals surface area (Å²) >= 11 is 0. The van der Waals surface area contributed by atoms with Crippen molar-refractivity contribution in [2.45, 2.75) is 50.5 Å². The van der Waals surface area contributed by atoms with Gasteiger partial charge in [0, 0.05) is 24.3 Å². The summed E-state index contributed by atoms with van der Waals surface area (Å²) in [6, 6.07) is 2.52. The first-order chi connectivity index (χ1) is 18.3. The third-order valence-corrected chi connectivity index (χ3v) is 7.61. The fourth-order valence-electron chi connectivity index (χ4n) is 5.05. The number of nitrogens with one attached hydrogen (secondary N) is 2. The van der Waals surface area contributed by atoms with Gasteiger partial charge in [0.1, 0.15) is 11.6 Å². The lowest BCUT2D eigenvalue weighted by Gasteiger charge is -2.29. The van der Waals surface area contributed by atoms with Gasteiger partial charge >= 0.3 is 6.18 Å². The Kier molecular flexibility index (Phi) is 5.58. The SMILES string of the molecule is CS(=O)(=O)Nc1cc(-c2ccn3nc(N)c(C(=O)NC4CC4)c3n2)cc2c1C(=O)N(C(C1CC1)C(F)(F)F)C2. The number of benzene rings is 1. The van der Waals surface area contributed by atoms with Crippen LogP contribution in [0.15, 0.2) is 24.4 Å². The molecule has 206 valence electrons. The lowest BCUT2D eigenvalue weighted by atomic mass is 10.0. The first-order valence-corrected chi connectivity index (χ1v) is 14.2. The van der Waals surface area contributed by atoms with Crippen LogP contribution in [0.2, 0.25) is 0 Å². The van der Waals surface area contributed by atoms with Crippen LogP contribution >= 0.6 is 0 Å². The Balaban J connectivity index is 1.44. The summed E-state index contributed by atoms with van der Waals surface area (Å²) < 4.78 is 69.7. The molecule has 6 rings (SSSR count). The summed E-state index contributed by atoms with van der Waals surface area (Å²) in [5, 5.41) is 6.97. The molecule has 0 bridgehead atoms. The quantitative estimate of drug-likeness (QED) is 0.400. The average molecular weight is 564 g/mol. The number of carbonyl (C=O) groups excluding carboxylic acids is 2. The van der Waals surface area contributed by atoms with Gasteiger partial charge in [-0.1, -0.05) is 0 Å². The third-order valence-electron chi connectivity index (χ3n) is 7.02. The van der Waals surface area contributed by atoms with Crippen molar-refractivity contribution >= 4 is 39.0 Å². The molecule has 1 aromatic carbocycles. The largest absolute Gasteiger partial charge is 0.409 e. The monoisotopic (exact) mass is 563 g/mol. The number of nitrogens with two attached hydrogens (primary N) is 1. The molecule has 1 atom stereocenters. The van der Waals surface area contributed by atoms with E-state index in [9.17, 15) is 31.2 Å². The summed E-state index contributed by atoms with van der Waals surface area (Å²) in [5.41, 5.74) is 6.80. The molecule has 2 fully saturated rings. The molecule has 1 aliphatic heterocycles. The highest BCUT2D eigenvalue weighted by Gasteiger charge is 2.55. The van der Waals surface area contributed by atoms with Crippen LogP contribution in [0.5, 0.6) is 0 Å². The van der Waals surface area contributed by atoms with E-state index < -0.39 is 40.0 Å². The molecule has 15 heteroatoms. The van der Waals surface area contributed by atoms with Crippen LogP contribution in [0.25, 0.3) is 16.9 Å². The van der Waals surface area contributed by atoms with Gasteiger partial charge in [0.2, 0.25) is 10.0 Å². The predicted molar refractivity (Wildman–Crippen MR) is 134 cm³/mol. The van der Waals surface area contributed by atoms with Gasteiger partial charge in [-0.3, -0.25) is 14.3 Å². The number of sulfonamides is 1. The maximum Gasteiger partial charge on any atom is 0.409 e. The van der Waals surface area contributed by atoms with Crippen molar-refractivity contribution in [2.24, 2.45) is 5.92 Å². The van der Waals surface area contributed by atoms with Gasteiger partial charge in [-0.05, 0) is 55.4 Å². The number of hydrogen-bond acceptors (Lipinski definition) is 7. The van der Waals surface area contributed by atoms with Crippen LogP contribution in [-0.4, -0.2) is 64.2 Å². The second-order valence-electron chi connectivity index (χ2n) is 10.3. The highest BCUT2D eigenvalue weighted by molar-refractivity contribution is 7.92. The number of aromatic nitrogens is 3. The summed E-state index contributed by atoms with van der Waals surface area (Å²) in [6.07, 6.45) is 0.219. The zero-order chi connectivity index (χ0) is 27.9. The minimum absolute atomic E-state index is 0.0225. The van der Waals surface area contributed by atoms with Gasteiger partial charge in [0.05, 0.1) is 23.2 Å². The van der Waals surface area contributed by atoms with E-state index in [1.807, 2.05) is 0 Å². The van der Waals surface area contributed by atoms with E-state index in [4.69, 9.17) is 5.73 Å². The van der Waals surface area contributed by atoms with E-state index >= 15 is 0 Å². The summed E-state index contributed by atoms with van der Waals surface area (Å²) in [4.78, 5) is 31.4. The summed E-state index contributed by atoms with van der Waals surface area (Å²) in [7, 11) is -3.89. The van der Waals surface area contributed by atoms with Crippen LogP contribution in [0, 0.1) is 5.92 Å². The molecule has 3 aliphatic rings. The number of fused-ring (bicyclic) bond motifs is 2. The Morgan fingerprint density at radius 2 is 1.92 bits per heavy atom. The second kappa shape index (κ2) is 8.56. The maximum atomic E-state index is 13.9. The van der Waals surface area contributed by atoms with Crippen molar-refractivity contribution in [1.29, 1.82) is 0 Å². The number of nitrogen functional groups attached to an aromatic ring is 1. The molecule has 2 aliphatic carbocycles. The van der Waals surface area contributed by atoms with E-state index in [1.54, 1.807) is 6.07 Å². The number of hydrogen-bond donors (Lipinski definition) is 3.